The molecule has 0 aliphatic carbocycles. The summed E-state index contributed by atoms with van der Waals surface area (Å²) in [4.78, 5) is 42.4. The van der Waals surface area contributed by atoms with Gasteiger partial charge >= 0.3 is 6.18 Å². The van der Waals surface area contributed by atoms with E-state index in [1.54, 1.807) is 31.4 Å². The van der Waals surface area contributed by atoms with E-state index in [-0.39, 0.29) is 46.6 Å². The summed E-state index contributed by atoms with van der Waals surface area (Å²) in [5, 5.41) is 8.69. The number of aromatic nitrogens is 3. The highest BCUT2D eigenvalue weighted by atomic mass is 19.4. The number of nitrogens with zero attached hydrogens (tertiary/aromatic N) is 4. The van der Waals surface area contributed by atoms with Crippen molar-refractivity contribution < 1.29 is 27.2 Å². The summed E-state index contributed by atoms with van der Waals surface area (Å²) in [6, 6.07) is 10.5. The van der Waals surface area contributed by atoms with Crippen LogP contribution in [0.5, 0.6) is 0 Å². The molecule has 0 unspecified atom stereocenters. The number of benzene rings is 2. The number of nitrogens with one attached hydrogen (secondary N) is 4. The van der Waals surface area contributed by atoms with E-state index < -0.39 is 29.2 Å². The zero-order chi connectivity index (χ0) is 36.4. The fourth-order valence-corrected chi connectivity index (χ4v) is 6.93. The van der Waals surface area contributed by atoms with Gasteiger partial charge in [0, 0.05) is 38.4 Å². The maximum Gasteiger partial charge on any atom is 0.417 e. The average molecular weight is 707 g/mol. The van der Waals surface area contributed by atoms with Crippen LogP contribution < -0.4 is 20.9 Å². The molecule has 14 heteroatoms. The standard InChI is InChI=1S/C37H42F4N8O2/c1-21(2)33(42-4)36(51)49-14-5-6-31(49)34-45-20-30(46-34)24-9-7-23(8-10-24)26-16-28(38)29(17-27(26)37(39,40)41)47-35(50)25-11-12-32(44-19-25)48-15-13-43-18-22(48)3/h7-12,16-17,19-22,31,33,42-43H,5-6,13-15,18H2,1-4H3,(H,45,46)(H,47,50)/t22-,31+,33+/m1/s1. The van der Waals surface area contributed by atoms with E-state index in [2.05, 4.69) is 35.8 Å². The summed E-state index contributed by atoms with van der Waals surface area (Å²) < 4.78 is 58.5. The molecule has 10 nitrogen and oxygen atoms in total. The van der Waals surface area contributed by atoms with Crippen LogP contribution in [-0.4, -0.2) is 77.0 Å². The molecule has 2 saturated heterocycles. The van der Waals surface area contributed by atoms with Crippen molar-refractivity contribution in [3.05, 3.63) is 83.7 Å². The Kier molecular flexibility index (Phi) is 10.4. The summed E-state index contributed by atoms with van der Waals surface area (Å²) in [5.41, 5.74) is -0.529. The van der Waals surface area contributed by atoms with E-state index in [4.69, 9.17) is 0 Å². The number of aromatic amines is 1. The first-order valence-electron chi connectivity index (χ1n) is 17.1. The molecule has 2 amide bonds. The highest BCUT2D eigenvalue weighted by molar-refractivity contribution is 6.04. The van der Waals surface area contributed by atoms with Crippen LogP contribution >= 0.6 is 0 Å². The Bertz CT molecular complexity index is 1860. The number of imidazole rings is 1. The van der Waals surface area contributed by atoms with Gasteiger partial charge in [0.25, 0.3) is 5.91 Å². The summed E-state index contributed by atoms with van der Waals surface area (Å²) >= 11 is 0. The third-order valence-corrected chi connectivity index (χ3v) is 9.66. The molecule has 51 heavy (non-hydrogen) atoms. The number of carbonyl (C=O) groups is 2. The monoisotopic (exact) mass is 706 g/mol. The van der Waals surface area contributed by atoms with Gasteiger partial charge in [0.1, 0.15) is 17.5 Å². The topological polar surface area (TPSA) is 118 Å². The first-order valence-corrected chi connectivity index (χ1v) is 17.1. The van der Waals surface area contributed by atoms with Crippen molar-refractivity contribution in [1.82, 2.24) is 30.5 Å². The third kappa shape index (κ3) is 7.61. The zero-order valence-electron chi connectivity index (χ0n) is 28.9. The van der Waals surface area contributed by atoms with Crippen LogP contribution in [0.2, 0.25) is 0 Å². The highest BCUT2D eigenvalue weighted by Crippen LogP contribution is 2.40. The lowest BCUT2D eigenvalue weighted by molar-refractivity contribution is -0.137. The molecule has 0 bridgehead atoms. The van der Waals surface area contributed by atoms with Crippen molar-refractivity contribution in [2.45, 2.75) is 57.9 Å². The fourth-order valence-electron chi connectivity index (χ4n) is 6.93. The van der Waals surface area contributed by atoms with Gasteiger partial charge in [0.05, 0.1) is 40.8 Å². The van der Waals surface area contributed by atoms with Crippen molar-refractivity contribution in [3.8, 4) is 22.4 Å². The second kappa shape index (κ2) is 14.8. The normalized spacial score (nSPS) is 18.7. The number of amides is 2. The maximum atomic E-state index is 15.4. The van der Waals surface area contributed by atoms with Gasteiger partial charge in [-0.2, -0.15) is 13.2 Å². The number of carbonyl (C=O) groups excluding carboxylic acids is 2. The summed E-state index contributed by atoms with van der Waals surface area (Å²) in [7, 11) is 1.77. The van der Waals surface area contributed by atoms with Crippen LogP contribution in [0.25, 0.3) is 22.4 Å². The summed E-state index contributed by atoms with van der Waals surface area (Å²) in [6.45, 7) is 8.97. The van der Waals surface area contributed by atoms with Crippen LogP contribution in [0, 0.1) is 11.7 Å². The average Bonchev–Trinajstić information content (AvgIpc) is 3.80. The molecule has 6 rings (SSSR count). The van der Waals surface area contributed by atoms with Gasteiger partial charge in [0.15, 0.2) is 0 Å². The molecular formula is C37H42F4N8O2. The highest BCUT2D eigenvalue weighted by Gasteiger charge is 2.37. The number of halogens is 4. The Hall–Kier alpha value is -4.82. The van der Waals surface area contributed by atoms with Crippen molar-refractivity contribution in [1.29, 1.82) is 0 Å². The number of anilines is 2. The fraction of sp³-hybridized carbons (Fsp3) is 0.405. The van der Waals surface area contributed by atoms with Gasteiger partial charge in [-0.25, -0.2) is 14.4 Å². The quantitative estimate of drug-likeness (QED) is 0.152. The maximum absolute atomic E-state index is 15.4. The molecule has 3 atom stereocenters. The Balaban J connectivity index is 1.19. The number of likely N-dealkylation sites (N-methyl/N-ethyl adjacent to an activating group) is 1. The molecular weight excluding hydrogens is 664 g/mol. The third-order valence-electron chi connectivity index (χ3n) is 9.66. The minimum atomic E-state index is -4.84. The zero-order valence-corrected chi connectivity index (χ0v) is 28.9. The largest absolute Gasteiger partial charge is 0.417 e. The Morgan fingerprint density at radius 1 is 1.00 bits per heavy atom. The molecule has 2 fully saturated rings. The molecule has 2 aromatic heterocycles. The number of rotatable bonds is 9. The molecule has 4 N–H and O–H groups in total. The minimum absolute atomic E-state index is 0.0160. The summed E-state index contributed by atoms with van der Waals surface area (Å²) in [5.74, 6) is -0.353. The number of H-pyrrole nitrogens is 1. The Morgan fingerprint density at radius 3 is 2.39 bits per heavy atom. The number of likely N-dealkylation sites (tertiary alicyclic amines) is 1. The smallest absolute Gasteiger partial charge is 0.351 e. The number of hydrogen-bond donors (Lipinski definition) is 4. The molecule has 2 aromatic carbocycles. The predicted octanol–water partition coefficient (Wildman–Crippen LogP) is 6.25. The van der Waals surface area contributed by atoms with E-state index >= 15 is 4.39 Å². The first kappa shape index (κ1) is 36.0. The van der Waals surface area contributed by atoms with Gasteiger partial charge in [-0.05, 0) is 73.7 Å². The molecule has 4 aromatic rings. The minimum Gasteiger partial charge on any atom is -0.351 e. The summed E-state index contributed by atoms with van der Waals surface area (Å²) in [6.07, 6.45) is -0.272. The molecule has 4 heterocycles. The molecule has 2 aliphatic heterocycles. The molecule has 270 valence electrons. The van der Waals surface area contributed by atoms with Gasteiger partial charge in [-0.3, -0.25) is 9.59 Å². The lowest BCUT2D eigenvalue weighted by Gasteiger charge is -2.34. The van der Waals surface area contributed by atoms with E-state index in [0.717, 1.165) is 38.5 Å². The van der Waals surface area contributed by atoms with Crippen molar-refractivity contribution >= 4 is 23.3 Å². The first-order chi connectivity index (χ1) is 24.3. The number of hydrogen-bond acceptors (Lipinski definition) is 7. The lowest BCUT2D eigenvalue weighted by atomic mass is 9.96. The van der Waals surface area contributed by atoms with Crippen LogP contribution in [0.3, 0.4) is 0 Å². The van der Waals surface area contributed by atoms with Gasteiger partial charge in [0.2, 0.25) is 5.91 Å². The van der Waals surface area contributed by atoms with Crippen molar-refractivity contribution in [2.75, 3.05) is 43.4 Å². The molecule has 0 radical (unpaired) electrons. The van der Waals surface area contributed by atoms with Crippen molar-refractivity contribution in [2.24, 2.45) is 5.92 Å². The van der Waals surface area contributed by atoms with E-state index in [1.165, 1.54) is 24.4 Å². The van der Waals surface area contributed by atoms with Crippen LogP contribution in [0.4, 0.5) is 29.1 Å². The second-order valence-electron chi connectivity index (χ2n) is 13.4. The number of alkyl halides is 3. The van der Waals surface area contributed by atoms with Crippen LogP contribution in [-0.2, 0) is 11.0 Å². The van der Waals surface area contributed by atoms with Crippen LogP contribution in [0.1, 0.15) is 61.4 Å². The van der Waals surface area contributed by atoms with Crippen molar-refractivity contribution in [3.63, 3.8) is 0 Å². The molecule has 2 aliphatic rings. The Morgan fingerprint density at radius 2 is 1.75 bits per heavy atom. The van der Waals surface area contributed by atoms with Crippen LogP contribution in [0.15, 0.2) is 60.9 Å². The molecule has 0 saturated carbocycles. The van der Waals surface area contributed by atoms with Gasteiger partial charge in [-0.15, -0.1) is 0 Å². The van der Waals surface area contributed by atoms with E-state index in [9.17, 15) is 22.8 Å². The SMILES string of the molecule is CN[C@H](C(=O)N1CCC[C@H]1c1ncc(-c2ccc(-c3cc(F)c(NC(=O)c4ccc(N5CCNC[C@H]5C)nc4)cc3C(F)(F)F)cc2)[nH]1)C(C)C. The van der Waals surface area contributed by atoms with Gasteiger partial charge < -0.3 is 30.7 Å². The second-order valence-corrected chi connectivity index (χ2v) is 13.4. The lowest BCUT2D eigenvalue weighted by Crippen LogP contribution is -2.50. The van der Waals surface area contributed by atoms with Gasteiger partial charge in [-0.1, -0.05) is 38.1 Å². The number of piperazine rings is 1. The molecule has 0 spiro atoms. The Labute approximate surface area is 294 Å². The number of pyridine rings is 1. The predicted molar refractivity (Wildman–Crippen MR) is 188 cm³/mol. The van der Waals surface area contributed by atoms with E-state index in [0.29, 0.717) is 35.5 Å². The van der Waals surface area contributed by atoms with E-state index in [1.807, 2.05) is 25.7 Å².